The minimum Gasteiger partial charge on any atom is -0.389 e. The molecule has 2 fully saturated rings. The molecule has 5 rings (SSSR count). The van der Waals surface area contributed by atoms with E-state index in [0.717, 1.165) is 35.2 Å². The molecule has 0 spiro atoms. The third-order valence-corrected chi connectivity index (χ3v) is 12.1. The topological polar surface area (TPSA) is 104 Å². The molecule has 7 nitrogen and oxygen atoms in total. The Bertz CT molecular complexity index is 1690. The van der Waals surface area contributed by atoms with Crippen LogP contribution in [0.5, 0.6) is 0 Å². The van der Waals surface area contributed by atoms with Gasteiger partial charge in [-0.15, -0.1) is 0 Å². The number of aryl methyl sites for hydroxylation is 1. The molecule has 48 heavy (non-hydrogen) atoms. The predicted molar refractivity (Wildman–Crippen MR) is 151 cm³/mol. The molecule has 2 aliphatic carbocycles. The number of amides is 2. The Hall–Kier alpha value is -3.34. The van der Waals surface area contributed by atoms with Crippen molar-refractivity contribution < 1.29 is 62.6 Å². The number of fused-ring (bicyclic) bond motifs is 3. The van der Waals surface area contributed by atoms with E-state index in [2.05, 4.69) is 5.32 Å². The molecule has 2 aromatic rings. The van der Waals surface area contributed by atoms with Crippen molar-refractivity contribution in [2.75, 3.05) is 6.54 Å². The summed E-state index contributed by atoms with van der Waals surface area (Å²) in [6.07, 6.45) is -16.3. The Labute approximate surface area is 269 Å². The van der Waals surface area contributed by atoms with Crippen LogP contribution in [0.3, 0.4) is 0 Å². The molecule has 0 radical (unpaired) electrons. The highest BCUT2D eigenvalue weighted by Crippen LogP contribution is 2.59. The van der Waals surface area contributed by atoms with Crippen molar-refractivity contribution in [3.8, 4) is 0 Å². The van der Waals surface area contributed by atoms with Gasteiger partial charge in [-0.3, -0.25) is 9.59 Å². The molecule has 5 atom stereocenters. The summed E-state index contributed by atoms with van der Waals surface area (Å²) in [6.45, 7) is 2.28. The van der Waals surface area contributed by atoms with E-state index in [4.69, 9.17) is 0 Å². The molecule has 0 bridgehead atoms. The Kier molecular flexibility index (Phi) is 8.71. The fraction of sp³-hybridized carbons (Fsp3) is 0.548. The molecular formula is C31H31F9N2O5S. The Morgan fingerprint density at radius 1 is 1.00 bits per heavy atom. The number of sulfone groups is 1. The number of nitrogens with one attached hydrogen (secondary N) is 1. The lowest BCUT2D eigenvalue weighted by Gasteiger charge is -2.43. The predicted octanol–water partition coefficient (Wildman–Crippen LogP) is 5.34. The SMILES string of the molecule is CC(C)(O)CN1C(=O)[C@H](F)CC1C(=O)N[C@@H]1CC[C@@]2(S(=O)(=O)c3ccc(F)cc3)c3ccc(C(F)(C(F)(F)F)C(F)(F)F)cc3CC[C@@H]12. The molecule has 264 valence electrons. The summed E-state index contributed by atoms with van der Waals surface area (Å²) >= 11 is 0. The van der Waals surface area contributed by atoms with Crippen molar-refractivity contribution in [2.45, 2.75) is 97.5 Å². The molecule has 1 aliphatic heterocycles. The number of hydrogen-bond donors (Lipinski definition) is 2. The average molecular weight is 715 g/mol. The summed E-state index contributed by atoms with van der Waals surface area (Å²) in [5, 5.41) is 12.9. The normalized spacial score (nSPS) is 26.8. The number of likely N-dealkylation sites (tertiary alicyclic amines) is 1. The van der Waals surface area contributed by atoms with Crippen LogP contribution in [0, 0.1) is 11.7 Å². The van der Waals surface area contributed by atoms with Crippen molar-refractivity contribution >= 4 is 21.7 Å². The van der Waals surface area contributed by atoms with Gasteiger partial charge in [0.05, 0.1) is 10.5 Å². The van der Waals surface area contributed by atoms with Crippen LogP contribution in [0.25, 0.3) is 0 Å². The number of β-amino-alcohol motifs (C(OH)–C–C–N with tert-alkyl or cyclic N) is 1. The second-order valence-corrected chi connectivity index (χ2v) is 15.4. The van der Waals surface area contributed by atoms with Gasteiger partial charge in [-0.05, 0) is 74.9 Å². The molecule has 1 heterocycles. The van der Waals surface area contributed by atoms with Crippen LogP contribution in [-0.4, -0.2) is 73.0 Å². The van der Waals surface area contributed by atoms with Gasteiger partial charge in [0.2, 0.25) is 5.91 Å². The summed E-state index contributed by atoms with van der Waals surface area (Å²) in [4.78, 5) is 26.4. The van der Waals surface area contributed by atoms with E-state index in [1.165, 1.54) is 13.8 Å². The number of carbonyl (C=O) groups excluding carboxylic acids is 2. The zero-order valence-corrected chi connectivity index (χ0v) is 26.2. The number of nitrogens with zero attached hydrogens (tertiary/aromatic N) is 1. The molecule has 2 N–H and O–H groups in total. The van der Waals surface area contributed by atoms with E-state index in [1.54, 1.807) is 0 Å². The van der Waals surface area contributed by atoms with Gasteiger partial charge >= 0.3 is 18.0 Å². The van der Waals surface area contributed by atoms with Gasteiger partial charge in [0, 0.05) is 30.5 Å². The minimum atomic E-state index is -6.41. The highest BCUT2D eigenvalue weighted by molar-refractivity contribution is 7.92. The minimum absolute atomic E-state index is 0.0820. The maximum absolute atomic E-state index is 15.0. The molecule has 2 amide bonds. The number of benzene rings is 2. The van der Waals surface area contributed by atoms with E-state index in [9.17, 15) is 58.2 Å². The van der Waals surface area contributed by atoms with Gasteiger partial charge in [0.1, 0.15) is 16.6 Å². The van der Waals surface area contributed by atoms with Crippen molar-refractivity contribution in [2.24, 2.45) is 5.92 Å². The third kappa shape index (κ3) is 5.63. The van der Waals surface area contributed by atoms with Crippen LogP contribution in [0.4, 0.5) is 39.5 Å². The summed E-state index contributed by atoms with van der Waals surface area (Å²) in [5.41, 5.74) is -9.53. The summed E-state index contributed by atoms with van der Waals surface area (Å²) < 4.78 is 152. The lowest BCUT2D eigenvalue weighted by atomic mass is 9.74. The molecule has 1 saturated heterocycles. The van der Waals surface area contributed by atoms with Crippen LogP contribution in [0.15, 0.2) is 47.4 Å². The van der Waals surface area contributed by atoms with Crippen LogP contribution in [-0.2, 0) is 36.3 Å². The summed E-state index contributed by atoms with van der Waals surface area (Å²) in [5.74, 6) is -3.73. The van der Waals surface area contributed by atoms with Crippen LogP contribution in [0.1, 0.15) is 56.2 Å². The maximum Gasteiger partial charge on any atom is 0.435 e. The Morgan fingerprint density at radius 2 is 1.60 bits per heavy atom. The molecule has 0 aromatic heterocycles. The monoisotopic (exact) mass is 714 g/mol. The standard InChI is InChI=1S/C31H31F9N2O5S/c1-27(2,45)15-42-24(14-22(33)26(42)44)25(43)41-23-11-12-28(48(46,47)19-7-5-18(32)6-8-19)20-10-4-17(13-16(20)3-9-21(23)28)29(34,30(35,36)37)31(38,39)40/h4-8,10,13,21-24,45H,3,9,11-12,14-15H2,1-2H3,(H,41,43)/t21-,22+,23+,24?,28+/m0/s1. The smallest absolute Gasteiger partial charge is 0.389 e. The molecule has 3 aliphatic rings. The van der Waals surface area contributed by atoms with Gasteiger partial charge in [-0.25, -0.2) is 21.6 Å². The van der Waals surface area contributed by atoms with E-state index in [-0.39, 0.29) is 42.9 Å². The van der Waals surface area contributed by atoms with Crippen LogP contribution in [0.2, 0.25) is 0 Å². The molecule has 17 heteroatoms. The second kappa shape index (κ2) is 11.6. The quantitative estimate of drug-likeness (QED) is 0.298. The number of halogens is 9. The van der Waals surface area contributed by atoms with Crippen LogP contribution < -0.4 is 5.32 Å². The second-order valence-electron chi connectivity index (χ2n) is 13.2. The highest BCUT2D eigenvalue weighted by Gasteiger charge is 2.74. The fourth-order valence-electron chi connectivity index (χ4n) is 7.44. The molecule has 1 unspecified atom stereocenters. The molecular weight excluding hydrogens is 683 g/mol. The number of hydrogen-bond acceptors (Lipinski definition) is 5. The van der Waals surface area contributed by atoms with Crippen molar-refractivity contribution in [3.63, 3.8) is 0 Å². The van der Waals surface area contributed by atoms with Crippen molar-refractivity contribution in [1.82, 2.24) is 10.2 Å². The summed E-state index contributed by atoms with van der Waals surface area (Å²) in [7, 11) is -4.65. The first-order valence-corrected chi connectivity index (χ1v) is 16.4. The zero-order valence-electron chi connectivity index (χ0n) is 25.4. The van der Waals surface area contributed by atoms with E-state index < -0.39 is 103 Å². The lowest BCUT2D eigenvalue weighted by Crippen LogP contribution is -2.54. The first-order chi connectivity index (χ1) is 22.0. The average Bonchev–Trinajstić information content (AvgIpc) is 3.48. The lowest BCUT2D eigenvalue weighted by molar-refractivity contribution is -0.348. The Balaban J connectivity index is 1.59. The zero-order chi connectivity index (χ0) is 35.8. The molecule has 2 aromatic carbocycles. The maximum atomic E-state index is 15.0. The third-order valence-electron chi connectivity index (χ3n) is 9.52. The number of alkyl halides is 8. The largest absolute Gasteiger partial charge is 0.435 e. The van der Waals surface area contributed by atoms with Crippen molar-refractivity contribution in [3.05, 3.63) is 65.0 Å². The highest BCUT2D eigenvalue weighted by atomic mass is 32.2. The van der Waals surface area contributed by atoms with E-state index >= 15 is 4.39 Å². The molecule has 1 saturated carbocycles. The Morgan fingerprint density at radius 3 is 2.17 bits per heavy atom. The van der Waals surface area contributed by atoms with Crippen LogP contribution >= 0.6 is 0 Å². The van der Waals surface area contributed by atoms with E-state index in [0.29, 0.717) is 6.07 Å². The fourth-order valence-corrected chi connectivity index (χ4v) is 9.91. The van der Waals surface area contributed by atoms with Gasteiger partial charge in [0.15, 0.2) is 16.0 Å². The summed E-state index contributed by atoms with van der Waals surface area (Å²) in [6, 6.07) is 2.57. The number of aliphatic hydroxyl groups is 1. The first kappa shape index (κ1) is 36.0. The number of carbonyl (C=O) groups is 2. The number of rotatable bonds is 7. The van der Waals surface area contributed by atoms with Gasteiger partial charge in [0.25, 0.3) is 5.91 Å². The first-order valence-electron chi connectivity index (χ1n) is 14.9. The van der Waals surface area contributed by atoms with Crippen molar-refractivity contribution in [1.29, 1.82) is 0 Å². The van der Waals surface area contributed by atoms with E-state index in [1.807, 2.05) is 0 Å². The van der Waals surface area contributed by atoms with Gasteiger partial charge in [-0.1, -0.05) is 18.2 Å². The van der Waals surface area contributed by atoms with Gasteiger partial charge < -0.3 is 15.3 Å². The van der Waals surface area contributed by atoms with Gasteiger partial charge in [-0.2, -0.15) is 26.3 Å².